The van der Waals surface area contributed by atoms with Crippen molar-refractivity contribution >= 4 is 54.8 Å². The number of aromatic nitrogens is 1. The largest absolute Gasteiger partial charge is 0.322 e. The minimum Gasteiger partial charge on any atom is -0.322 e. The molecule has 0 aliphatic carbocycles. The van der Waals surface area contributed by atoms with Crippen molar-refractivity contribution in [3.05, 3.63) is 101 Å². The maximum absolute atomic E-state index is 3.65. The summed E-state index contributed by atoms with van der Waals surface area (Å²) in [5.74, 6) is 1.21. The van der Waals surface area contributed by atoms with E-state index in [1.165, 1.54) is 38.7 Å². The third-order valence-corrected chi connectivity index (χ3v) is 6.09. The molecule has 2 heterocycles. The van der Waals surface area contributed by atoms with E-state index in [0.717, 1.165) is 16.7 Å². The highest BCUT2D eigenvalue weighted by molar-refractivity contribution is 9.10. The average Bonchev–Trinajstić information content (AvgIpc) is 3.08. The molecule has 0 atom stereocenters. The molecule has 4 aromatic carbocycles. The van der Waals surface area contributed by atoms with Gasteiger partial charge in [0.1, 0.15) is 5.82 Å². The monoisotopic (exact) mass is 424 g/mol. The molecule has 134 valence electrons. The predicted octanol–water partition coefficient (Wildman–Crippen LogP) is 7.39. The number of rotatable bonds is 1. The maximum atomic E-state index is 3.65. The van der Waals surface area contributed by atoms with E-state index in [2.05, 4.69) is 116 Å². The summed E-state index contributed by atoms with van der Waals surface area (Å²) in [4.78, 5) is 2.38. The normalized spacial score (nSPS) is 13.0. The Morgan fingerprint density at radius 2 is 1.43 bits per heavy atom. The first-order chi connectivity index (χ1) is 13.8. The van der Waals surface area contributed by atoms with Crippen LogP contribution >= 0.6 is 15.9 Å². The summed E-state index contributed by atoms with van der Waals surface area (Å²) in [6, 6.07) is 32.8. The van der Waals surface area contributed by atoms with E-state index in [0.29, 0.717) is 0 Å². The zero-order chi connectivity index (χ0) is 18.7. The fourth-order valence-electron chi connectivity index (χ4n) is 4.34. The van der Waals surface area contributed by atoms with E-state index in [4.69, 9.17) is 0 Å². The molecule has 0 saturated carbocycles. The molecular formula is C25H17BrN2. The molecule has 0 N–H and O–H groups in total. The third-order valence-electron chi connectivity index (χ3n) is 5.60. The van der Waals surface area contributed by atoms with E-state index >= 15 is 0 Å². The first-order valence-corrected chi connectivity index (χ1v) is 10.2. The zero-order valence-corrected chi connectivity index (χ0v) is 16.7. The molecule has 1 aromatic heterocycles. The Balaban J connectivity index is 1.69. The Kier molecular flexibility index (Phi) is 3.41. The minimum absolute atomic E-state index is 0.882. The number of hydrogen-bond acceptors (Lipinski definition) is 1. The molecule has 6 rings (SSSR count). The molecule has 28 heavy (non-hydrogen) atoms. The van der Waals surface area contributed by atoms with Crippen molar-refractivity contribution in [2.24, 2.45) is 0 Å². The van der Waals surface area contributed by atoms with E-state index in [1.54, 1.807) is 0 Å². The van der Waals surface area contributed by atoms with Crippen molar-refractivity contribution in [3.63, 3.8) is 0 Å². The van der Waals surface area contributed by atoms with Gasteiger partial charge in [0.2, 0.25) is 0 Å². The number of anilines is 3. The van der Waals surface area contributed by atoms with Crippen molar-refractivity contribution < 1.29 is 0 Å². The van der Waals surface area contributed by atoms with Gasteiger partial charge in [-0.3, -0.25) is 4.90 Å². The van der Waals surface area contributed by atoms with Gasteiger partial charge in [-0.1, -0.05) is 64.5 Å². The highest BCUT2D eigenvalue weighted by Gasteiger charge is 2.26. The Hall–Kier alpha value is -3.04. The van der Waals surface area contributed by atoms with Crippen LogP contribution in [-0.2, 0) is 6.54 Å². The molecule has 0 fully saturated rings. The van der Waals surface area contributed by atoms with E-state index in [9.17, 15) is 0 Å². The van der Waals surface area contributed by atoms with Crippen LogP contribution in [0.3, 0.4) is 0 Å². The standard InChI is InChI=1S/C25H17BrN2/c26-21-9-5-10-22(15-21)28-24-13-18-7-2-1-6-17(18)12-20(24)16-27-23-11-4-3-8-19(23)14-25(27)28/h1-15H,16H2. The molecule has 1 aliphatic rings. The van der Waals surface area contributed by atoms with E-state index < -0.39 is 0 Å². The molecular weight excluding hydrogens is 408 g/mol. The summed E-state index contributed by atoms with van der Waals surface area (Å²) < 4.78 is 3.51. The van der Waals surface area contributed by atoms with Gasteiger partial charge >= 0.3 is 0 Å². The van der Waals surface area contributed by atoms with Crippen molar-refractivity contribution in [2.45, 2.75) is 6.54 Å². The predicted molar refractivity (Wildman–Crippen MR) is 121 cm³/mol. The topological polar surface area (TPSA) is 8.17 Å². The van der Waals surface area contributed by atoms with Gasteiger partial charge in [0.15, 0.2) is 0 Å². The quantitative estimate of drug-likeness (QED) is 0.267. The number of para-hydroxylation sites is 1. The summed E-state index contributed by atoms with van der Waals surface area (Å²) in [7, 11) is 0. The van der Waals surface area contributed by atoms with Gasteiger partial charge in [-0.2, -0.15) is 0 Å². The maximum Gasteiger partial charge on any atom is 0.119 e. The van der Waals surface area contributed by atoms with Crippen LogP contribution in [0.4, 0.5) is 17.2 Å². The van der Waals surface area contributed by atoms with Crippen molar-refractivity contribution in [2.75, 3.05) is 4.90 Å². The van der Waals surface area contributed by atoms with Crippen LogP contribution in [0, 0.1) is 0 Å². The van der Waals surface area contributed by atoms with Crippen molar-refractivity contribution in [3.8, 4) is 0 Å². The second-order valence-electron chi connectivity index (χ2n) is 7.29. The van der Waals surface area contributed by atoms with Crippen LogP contribution in [0.2, 0.25) is 0 Å². The zero-order valence-electron chi connectivity index (χ0n) is 15.1. The lowest BCUT2D eigenvalue weighted by Gasteiger charge is -2.33. The van der Waals surface area contributed by atoms with Gasteiger partial charge < -0.3 is 4.57 Å². The Labute approximate surface area is 171 Å². The number of nitrogens with zero attached hydrogens (tertiary/aromatic N) is 2. The van der Waals surface area contributed by atoms with Crippen LogP contribution in [-0.4, -0.2) is 4.57 Å². The third kappa shape index (κ3) is 2.33. The lowest BCUT2D eigenvalue weighted by atomic mass is 10.0. The van der Waals surface area contributed by atoms with E-state index in [-0.39, 0.29) is 0 Å². The first-order valence-electron chi connectivity index (χ1n) is 9.43. The summed E-state index contributed by atoms with van der Waals surface area (Å²) >= 11 is 3.65. The van der Waals surface area contributed by atoms with Gasteiger partial charge in [-0.05, 0) is 58.8 Å². The molecule has 0 radical (unpaired) electrons. The van der Waals surface area contributed by atoms with Crippen molar-refractivity contribution in [1.29, 1.82) is 0 Å². The highest BCUT2D eigenvalue weighted by Crippen LogP contribution is 2.45. The summed E-state index contributed by atoms with van der Waals surface area (Å²) in [6.45, 7) is 0.882. The molecule has 3 heteroatoms. The van der Waals surface area contributed by atoms with Gasteiger partial charge in [0.05, 0.1) is 17.7 Å². The summed E-state index contributed by atoms with van der Waals surface area (Å²) in [6.07, 6.45) is 0. The smallest absolute Gasteiger partial charge is 0.119 e. The number of fused-ring (bicyclic) bond motifs is 5. The second kappa shape index (κ2) is 5.98. The Morgan fingerprint density at radius 1 is 0.679 bits per heavy atom. The Bertz CT molecular complexity index is 1370. The molecule has 0 spiro atoms. The van der Waals surface area contributed by atoms with Crippen LogP contribution < -0.4 is 4.90 Å². The average molecular weight is 425 g/mol. The number of benzene rings is 4. The summed E-state index contributed by atoms with van der Waals surface area (Å²) in [5, 5.41) is 3.83. The lowest BCUT2D eigenvalue weighted by Crippen LogP contribution is -2.22. The van der Waals surface area contributed by atoms with Gasteiger partial charge in [-0.15, -0.1) is 0 Å². The molecule has 0 bridgehead atoms. The van der Waals surface area contributed by atoms with E-state index in [1.807, 2.05) is 0 Å². The minimum atomic E-state index is 0.882. The van der Waals surface area contributed by atoms with Gasteiger partial charge in [0, 0.05) is 15.5 Å². The molecule has 0 saturated heterocycles. The SMILES string of the molecule is Brc1cccc(N2c3cc4ccccc4cc3Cn3c2cc2ccccc23)c1. The number of hydrogen-bond donors (Lipinski definition) is 0. The summed E-state index contributed by atoms with van der Waals surface area (Å²) in [5.41, 5.74) is 5.03. The molecule has 0 unspecified atom stereocenters. The van der Waals surface area contributed by atoms with Crippen LogP contribution in [0.15, 0.2) is 95.5 Å². The van der Waals surface area contributed by atoms with Crippen LogP contribution in [0.5, 0.6) is 0 Å². The fraction of sp³-hybridized carbons (Fsp3) is 0.0400. The van der Waals surface area contributed by atoms with Gasteiger partial charge in [-0.25, -0.2) is 0 Å². The Morgan fingerprint density at radius 3 is 2.25 bits per heavy atom. The van der Waals surface area contributed by atoms with Crippen LogP contribution in [0.25, 0.3) is 21.7 Å². The molecule has 0 amide bonds. The highest BCUT2D eigenvalue weighted by atomic mass is 79.9. The van der Waals surface area contributed by atoms with Crippen molar-refractivity contribution in [1.82, 2.24) is 4.57 Å². The lowest BCUT2D eigenvalue weighted by molar-refractivity contribution is 0.805. The first kappa shape index (κ1) is 16.0. The number of halogens is 1. The fourth-order valence-corrected chi connectivity index (χ4v) is 4.72. The molecule has 1 aliphatic heterocycles. The molecule has 2 nitrogen and oxygen atoms in total. The van der Waals surface area contributed by atoms with Crippen LogP contribution in [0.1, 0.15) is 5.56 Å². The molecule has 5 aromatic rings. The second-order valence-corrected chi connectivity index (χ2v) is 8.21. The van der Waals surface area contributed by atoms with Gasteiger partial charge in [0.25, 0.3) is 0 Å².